The van der Waals surface area contributed by atoms with E-state index in [-0.39, 0.29) is 23.3 Å². The highest BCUT2D eigenvalue weighted by Crippen LogP contribution is 2.26. The van der Waals surface area contributed by atoms with Crippen molar-refractivity contribution in [2.24, 2.45) is 5.92 Å². The first-order chi connectivity index (χ1) is 14.2. The SMILES string of the molecule is COc1ccc(S(=O)(=O)N2CCCC(C(=O)NC(C)(C)Cc3ccccc3)C2)cc1. The molecule has 0 aromatic heterocycles. The Morgan fingerprint density at radius 2 is 1.80 bits per heavy atom. The number of amides is 1. The number of nitrogens with one attached hydrogen (secondary N) is 1. The Balaban J connectivity index is 1.66. The standard InChI is InChI=1S/C23H30N2O4S/c1-23(2,16-18-8-5-4-6-9-18)24-22(26)19-10-7-15-25(17-19)30(27,28)21-13-11-20(29-3)12-14-21/h4-6,8-9,11-14,19H,7,10,15-17H2,1-3H3,(H,24,26). The van der Waals surface area contributed by atoms with Crippen LogP contribution in [0.2, 0.25) is 0 Å². The third kappa shape index (κ3) is 5.40. The lowest BCUT2D eigenvalue weighted by Gasteiger charge is -2.34. The zero-order chi connectivity index (χ0) is 21.8. The van der Waals surface area contributed by atoms with Gasteiger partial charge in [-0.05, 0) is 62.9 Å². The summed E-state index contributed by atoms with van der Waals surface area (Å²) in [7, 11) is -2.11. The van der Waals surface area contributed by atoms with E-state index < -0.39 is 15.6 Å². The Hall–Kier alpha value is -2.38. The number of methoxy groups -OCH3 is 1. The molecule has 0 spiro atoms. The summed E-state index contributed by atoms with van der Waals surface area (Å²) in [4.78, 5) is 13.2. The van der Waals surface area contributed by atoms with E-state index in [4.69, 9.17) is 4.74 Å². The fourth-order valence-corrected chi connectivity index (χ4v) is 5.38. The molecule has 1 amide bonds. The van der Waals surface area contributed by atoms with Crippen LogP contribution in [0, 0.1) is 5.92 Å². The first kappa shape index (κ1) is 22.3. The van der Waals surface area contributed by atoms with E-state index in [9.17, 15) is 13.2 Å². The highest BCUT2D eigenvalue weighted by Gasteiger charge is 2.35. The predicted octanol–water partition coefficient (Wildman–Crippen LogP) is 3.23. The van der Waals surface area contributed by atoms with E-state index >= 15 is 0 Å². The van der Waals surface area contributed by atoms with Gasteiger partial charge in [-0.1, -0.05) is 30.3 Å². The molecule has 6 nitrogen and oxygen atoms in total. The first-order valence-corrected chi connectivity index (χ1v) is 11.7. The van der Waals surface area contributed by atoms with Crippen molar-refractivity contribution in [3.63, 3.8) is 0 Å². The maximum Gasteiger partial charge on any atom is 0.243 e. The summed E-state index contributed by atoms with van der Waals surface area (Å²) >= 11 is 0. The number of ether oxygens (including phenoxy) is 1. The molecule has 0 radical (unpaired) electrons. The number of sulfonamides is 1. The van der Waals surface area contributed by atoms with Crippen LogP contribution in [0.25, 0.3) is 0 Å². The number of hydrogen-bond acceptors (Lipinski definition) is 4. The second kappa shape index (κ2) is 9.18. The molecule has 1 aliphatic rings. The van der Waals surface area contributed by atoms with E-state index in [1.807, 2.05) is 44.2 Å². The summed E-state index contributed by atoms with van der Waals surface area (Å²) in [5.74, 6) is 0.151. The molecule has 1 heterocycles. The lowest BCUT2D eigenvalue weighted by Crippen LogP contribution is -2.51. The molecule has 2 aromatic rings. The zero-order valence-corrected chi connectivity index (χ0v) is 18.6. The molecule has 2 aromatic carbocycles. The second-order valence-corrected chi connectivity index (χ2v) is 10.4. The van der Waals surface area contributed by atoms with Crippen molar-refractivity contribution >= 4 is 15.9 Å². The van der Waals surface area contributed by atoms with Gasteiger partial charge in [-0.3, -0.25) is 4.79 Å². The molecule has 1 unspecified atom stereocenters. The van der Waals surface area contributed by atoms with Gasteiger partial charge in [0.05, 0.1) is 17.9 Å². The first-order valence-electron chi connectivity index (χ1n) is 10.2. The number of carbonyl (C=O) groups is 1. The van der Waals surface area contributed by atoms with Gasteiger partial charge in [0.1, 0.15) is 5.75 Å². The van der Waals surface area contributed by atoms with Crippen LogP contribution >= 0.6 is 0 Å². The number of carbonyl (C=O) groups excluding carboxylic acids is 1. The number of piperidine rings is 1. The minimum Gasteiger partial charge on any atom is -0.497 e. The second-order valence-electron chi connectivity index (χ2n) is 8.41. The summed E-state index contributed by atoms with van der Waals surface area (Å²) in [6.45, 7) is 4.60. The molecule has 0 saturated carbocycles. The number of hydrogen-bond donors (Lipinski definition) is 1. The van der Waals surface area contributed by atoms with Gasteiger partial charge in [0, 0.05) is 18.6 Å². The average molecular weight is 431 g/mol. The van der Waals surface area contributed by atoms with Crippen LogP contribution in [-0.2, 0) is 21.2 Å². The highest BCUT2D eigenvalue weighted by molar-refractivity contribution is 7.89. The molecular weight excluding hydrogens is 400 g/mol. The van der Waals surface area contributed by atoms with Crippen LogP contribution in [0.4, 0.5) is 0 Å². The van der Waals surface area contributed by atoms with Crippen LogP contribution in [0.5, 0.6) is 5.75 Å². The normalized spacial score (nSPS) is 18.0. The largest absolute Gasteiger partial charge is 0.497 e. The van der Waals surface area contributed by atoms with E-state index in [1.165, 1.54) is 11.4 Å². The Kier molecular flexibility index (Phi) is 6.83. The Morgan fingerprint density at radius 3 is 2.43 bits per heavy atom. The predicted molar refractivity (Wildman–Crippen MR) is 117 cm³/mol. The van der Waals surface area contributed by atoms with Gasteiger partial charge in [0.2, 0.25) is 15.9 Å². The van der Waals surface area contributed by atoms with Crippen molar-refractivity contribution in [1.29, 1.82) is 0 Å². The van der Waals surface area contributed by atoms with Crippen molar-refractivity contribution in [3.8, 4) is 5.75 Å². The van der Waals surface area contributed by atoms with Crippen molar-refractivity contribution < 1.29 is 17.9 Å². The monoisotopic (exact) mass is 430 g/mol. The maximum absolute atomic E-state index is 13.0. The summed E-state index contributed by atoms with van der Waals surface area (Å²) in [6.07, 6.45) is 2.05. The fourth-order valence-electron chi connectivity index (χ4n) is 3.86. The topological polar surface area (TPSA) is 75.7 Å². The molecule has 1 fully saturated rings. The van der Waals surface area contributed by atoms with Gasteiger partial charge >= 0.3 is 0 Å². The van der Waals surface area contributed by atoms with E-state index in [1.54, 1.807) is 24.3 Å². The maximum atomic E-state index is 13.0. The number of benzene rings is 2. The van der Waals surface area contributed by atoms with Gasteiger partial charge in [0.15, 0.2) is 0 Å². The number of nitrogens with zero attached hydrogens (tertiary/aromatic N) is 1. The van der Waals surface area contributed by atoms with Crippen LogP contribution < -0.4 is 10.1 Å². The van der Waals surface area contributed by atoms with Crippen LogP contribution in [0.15, 0.2) is 59.5 Å². The highest BCUT2D eigenvalue weighted by atomic mass is 32.2. The molecule has 0 aliphatic carbocycles. The van der Waals surface area contributed by atoms with E-state index in [0.717, 1.165) is 5.56 Å². The quantitative estimate of drug-likeness (QED) is 0.732. The molecule has 1 N–H and O–H groups in total. The molecule has 162 valence electrons. The van der Waals surface area contributed by atoms with Crippen LogP contribution in [-0.4, -0.2) is 44.4 Å². The van der Waals surface area contributed by atoms with Crippen molar-refractivity contribution in [2.45, 2.75) is 43.5 Å². The molecule has 1 saturated heterocycles. The van der Waals surface area contributed by atoms with Gasteiger partial charge < -0.3 is 10.1 Å². The molecule has 1 atom stereocenters. The van der Waals surface area contributed by atoms with Crippen molar-refractivity contribution in [1.82, 2.24) is 9.62 Å². The zero-order valence-electron chi connectivity index (χ0n) is 17.8. The molecular formula is C23H30N2O4S. The van der Waals surface area contributed by atoms with Gasteiger partial charge in [-0.2, -0.15) is 4.31 Å². The lowest BCUT2D eigenvalue weighted by molar-refractivity contribution is -0.127. The Labute approximate surface area is 179 Å². The van der Waals surface area contributed by atoms with Crippen molar-refractivity contribution in [3.05, 3.63) is 60.2 Å². The van der Waals surface area contributed by atoms with Gasteiger partial charge in [0.25, 0.3) is 0 Å². The van der Waals surface area contributed by atoms with Crippen LogP contribution in [0.3, 0.4) is 0 Å². The molecule has 0 bridgehead atoms. The Morgan fingerprint density at radius 1 is 1.13 bits per heavy atom. The smallest absolute Gasteiger partial charge is 0.243 e. The number of rotatable bonds is 7. The van der Waals surface area contributed by atoms with Crippen LogP contribution in [0.1, 0.15) is 32.3 Å². The molecule has 30 heavy (non-hydrogen) atoms. The summed E-state index contributed by atoms with van der Waals surface area (Å²) in [6, 6.07) is 16.4. The van der Waals surface area contributed by atoms with Crippen molar-refractivity contribution in [2.75, 3.05) is 20.2 Å². The van der Waals surface area contributed by atoms with Gasteiger partial charge in [-0.25, -0.2) is 8.42 Å². The summed E-state index contributed by atoms with van der Waals surface area (Å²) in [5.41, 5.74) is 0.727. The third-order valence-electron chi connectivity index (χ3n) is 5.40. The fraction of sp³-hybridized carbons (Fsp3) is 0.435. The lowest BCUT2D eigenvalue weighted by atomic mass is 9.92. The molecule has 7 heteroatoms. The molecule has 1 aliphatic heterocycles. The average Bonchev–Trinajstić information content (AvgIpc) is 2.74. The van der Waals surface area contributed by atoms with E-state index in [2.05, 4.69) is 5.32 Å². The summed E-state index contributed by atoms with van der Waals surface area (Å²) in [5, 5.41) is 3.12. The Bertz CT molecular complexity index is 956. The molecule has 3 rings (SSSR count). The third-order valence-corrected chi connectivity index (χ3v) is 7.28. The van der Waals surface area contributed by atoms with E-state index in [0.29, 0.717) is 31.6 Å². The van der Waals surface area contributed by atoms with Gasteiger partial charge in [-0.15, -0.1) is 0 Å². The minimum absolute atomic E-state index is 0.0921. The summed E-state index contributed by atoms with van der Waals surface area (Å²) < 4.78 is 32.6. The minimum atomic E-state index is -3.65.